The van der Waals surface area contributed by atoms with Crippen LogP contribution in [-0.2, 0) is 9.53 Å². The van der Waals surface area contributed by atoms with Gasteiger partial charge in [-0.05, 0) is 24.6 Å². The number of benzene rings is 1. The summed E-state index contributed by atoms with van der Waals surface area (Å²) in [7, 11) is 0. The van der Waals surface area contributed by atoms with Crippen molar-refractivity contribution in [2.75, 3.05) is 31.1 Å². The predicted molar refractivity (Wildman–Crippen MR) is 93.1 cm³/mol. The number of hydrogen-bond acceptors (Lipinski definition) is 5. The van der Waals surface area contributed by atoms with Gasteiger partial charge in [0.2, 0.25) is 5.91 Å². The molecule has 0 bridgehead atoms. The molecule has 2 aliphatic rings. The molecule has 2 aliphatic heterocycles. The Morgan fingerprint density at radius 2 is 1.92 bits per heavy atom. The Morgan fingerprint density at radius 1 is 1.32 bits per heavy atom. The number of rotatable bonds is 4. The van der Waals surface area contributed by atoms with Crippen molar-refractivity contribution in [2.24, 2.45) is 11.7 Å². The lowest BCUT2D eigenvalue weighted by atomic mass is 9.92. The molecule has 138 valence electrons. The zero-order valence-electron chi connectivity index (χ0n) is 13.9. The van der Waals surface area contributed by atoms with E-state index in [1.165, 1.54) is 6.92 Å². The molecule has 2 fully saturated rings. The van der Waals surface area contributed by atoms with E-state index in [2.05, 4.69) is 10.2 Å². The zero-order chi connectivity index (χ0) is 17.3. The highest BCUT2D eigenvalue weighted by Gasteiger charge is 2.47. The number of primary amides is 1. The molecule has 0 spiro atoms. The molecule has 0 saturated carbocycles. The molecular formula is C16H22ClFN4O3. The van der Waals surface area contributed by atoms with E-state index in [4.69, 9.17) is 10.5 Å². The Bertz CT molecular complexity index is 624. The van der Waals surface area contributed by atoms with E-state index in [0.29, 0.717) is 5.56 Å². The molecule has 9 heteroatoms. The van der Waals surface area contributed by atoms with E-state index in [1.54, 1.807) is 12.1 Å². The van der Waals surface area contributed by atoms with E-state index < -0.39 is 30.1 Å². The molecule has 0 radical (unpaired) electrons. The third kappa shape index (κ3) is 3.80. The molecule has 3 rings (SSSR count). The average Bonchev–Trinajstić information content (AvgIpc) is 2.90. The average molecular weight is 373 g/mol. The molecule has 2 amide bonds. The van der Waals surface area contributed by atoms with Gasteiger partial charge in [-0.15, -0.1) is 17.5 Å². The van der Waals surface area contributed by atoms with Gasteiger partial charge < -0.3 is 20.7 Å². The normalized spacial score (nSPS) is 24.5. The highest BCUT2D eigenvalue weighted by atomic mass is 35.5. The second-order valence-electron chi connectivity index (χ2n) is 6.12. The van der Waals surface area contributed by atoms with Crippen molar-refractivity contribution in [1.82, 2.24) is 10.4 Å². The van der Waals surface area contributed by atoms with E-state index >= 15 is 0 Å². The van der Waals surface area contributed by atoms with Crippen molar-refractivity contribution < 1.29 is 18.8 Å². The third-order valence-electron chi connectivity index (χ3n) is 4.63. The summed E-state index contributed by atoms with van der Waals surface area (Å²) in [5, 5.41) is 3.32. The summed E-state index contributed by atoms with van der Waals surface area (Å²) in [4.78, 5) is 25.2. The van der Waals surface area contributed by atoms with Gasteiger partial charge in [0, 0.05) is 31.9 Å². The fraction of sp³-hybridized carbons (Fsp3) is 0.500. The van der Waals surface area contributed by atoms with Gasteiger partial charge in [-0.1, -0.05) is 16.6 Å². The number of nitrogens with zero attached hydrogens (tertiary/aromatic N) is 2. The summed E-state index contributed by atoms with van der Waals surface area (Å²) < 4.78 is 19.2. The van der Waals surface area contributed by atoms with E-state index in [-0.39, 0.29) is 17.5 Å². The second kappa shape index (κ2) is 7.88. The Labute approximate surface area is 151 Å². The monoisotopic (exact) mass is 372 g/mol. The maximum Gasteiger partial charge on any atom is 0.439 e. The standard InChI is InChI=1S/C16H21FN4O3.ClH/c1-10(15(18)22)14-13(21(17)16(23)24-14)11-2-4-12(5-3-11)20-8-6-19-7-9-20;/h2-5,10,13-14,19H,6-9H2,1H3,(H2,18,22);1H. The summed E-state index contributed by atoms with van der Waals surface area (Å²) in [6.45, 7) is 5.18. The number of carbonyl (C=O) groups is 2. The second-order valence-corrected chi connectivity index (χ2v) is 6.12. The van der Waals surface area contributed by atoms with Crippen molar-refractivity contribution in [3.63, 3.8) is 0 Å². The van der Waals surface area contributed by atoms with Crippen LogP contribution in [0.25, 0.3) is 0 Å². The van der Waals surface area contributed by atoms with Crippen LogP contribution in [0.5, 0.6) is 0 Å². The van der Waals surface area contributed by atoms with Crippen LogP contribution in [0.2, 0.25) is 0 Å². The number of amides is 2. The largest absolute Gasteiger partial charge is 0.441 e. The van der Waals surface area contributed by atoms with Crippen LogP contribution in [0.3, 0.4) is 0 Å². The van der Waals surface area contributed by atoms with Crippen LogP contribution in [0, 0.1) is 5.92 Å². The minimum Gasteiger partial charge on any atom is -0.441 e. The van der Waals surface area contributed by atoms with E-state index in [1.807, 2.05) is 12.1 Å². The molecule has 3 unspecified atom stereocenters. The molecule has 7 nitrogen and oxygen atoms in total. The molecule has 25 heavy (non-hydrogen) atoms. The topological polar surface area (TPSA) is 87.9 Å². The maximum atomic E-state index is 14.2. The number of piperazine rings is 1. The summed E-state index contributed by atoms with van der Waals surface area (Å²) in [6.07, 6.45) is -2.03. The molecule has 3 N–H and O–H groups in total. The highest BCUT2D eigenvalue weighted by molar-refractivity contribution is 5.85. The molecule has 2 saturated heterocycles. The first-order valence-corrected chi connectivity index (χ1v) is 7.99. The molecular weight excluding hydrogens is 351 g/mol. The van der Waals surface area contributed by atoms with Gasteiger partial charge in [-0.3, -0.25) is 4.79 Å². The number of ether oxygens (including phenoxy) is 1. The lowest BCUT2D eigenvalue weighted by Crippen LogP contribution is -2.43. The van der Waals surface area contributed by atoms with Gasteiger partial charge in [0.15, 0.2) is 0 Å². The zero-order valence-corrected chi connectivity index (χ0v) is 14.7. The Hall–Kier alpha value is -2.06. The predicted octanol–water partition coefficient (Wildman–Crippen LogP) is 1.39. The number of nitrogens with one attached hydrogen (secondary N) is 1. The quantitative estimate of drug-likeness (QED) is 0.780. The molecule has 0 aliphatic carbocycles. The van der Waals surface area contributed by atoms with Gasteiger partial charge >= 0.3 is 6.09 Å². The van der Waals surface area contributed by atoms with Crippen LogP contribution in [0.4, 0.5) is 15.0 Å². The summed E-state index contributed by atoms with van der Waals surface area (Å²) >= 11 is 0. The summed E-state index contributed by atoms with van der Waals surface area (Å²) in [5.74, 6) is -1.42. The Morgan fingerprint density at radius 3 is 2.48 bits per heavy atom. The minimum absolute atomic E-state index is 0. The summed E-state index contributed by atoms with van der Waals surface area (Å²) in [6, 6.07) is 6.33. The van der Waals surface area contributed by atoms with E-state index in [0.717, 1.165) is 31.9 Å². The van der Waals surface area contributed by atoms with Gasteiger partial charge in [0.05, 0.1) is 5.92 Å². The van der Waals surface area contributed by atoms with Gasteiger partial charge in [-0.25, -0.2) is 4.79 Å². The van der Waals surface area contributed by atoms with Crippen LogP contribution < -0.4 is 16.0 Å². The minimum atomic E-state index is -1.09. The van der Waals surface area contributed by atoms with Crippen molar-refractivity contribution in [2.45, 2.75) is 19.1 Å². The number of carbonyl (C=O) groups excluding carboxylic acids is 2. The van der Waals surface area contributed by atoms with Gasteiger partial charge in [0.25, 0.3) is 0 Å². The van der Waals surface area contributed by atoms with Crippen LogP contribution in [0.1, 0.15) is 18.5 Å². The lowest BCUT2D eigenvalue weighted by molar-refractivity contribution is -0.124. The third-order valence-corrected chi connectivity index (χ3v) is 4.63. The van der Waals surface area contributed by atoms with Crippen LogP contribution >= 0.6 is 12.4 Å². The first-order chi connectivity index (χ1) is 11.5. The van der Waals surface area contributed by atoms with Crippen LogP contribution in [0.15, 0.2) is 24.3 Å². The van der Waals surface area contributed by atoms with Crippen molar-refractivity contribution >= 4 is 30.1 Å². The molecule has 3 atom stereocenters. The molecule has 1 aromatic rings. The molecule has 2 heterocycles. The van der Waals surface area contributed by atoms with Crippen molar-refractivity contribution in [3.05, 3.63) is 29.8 Å². The Kier molecular flexibility index (Phi) is 6.07. The van der Waals surface area contributed by atoms with Crippen molar-refractivity contribution in [1.29, 1.82) is 0 Å². The number of cyclic esters (lactones) is 1. The fourth-order valence-electron chi connectivity index (χ4n) is 3.14. The number of anilines is 1. The molecule has 1 aromatic carbocycles. The van der Waals surface area contributed by atoms with Gasteiger partial charge in [-0.2, -0.15) is 0 Å². The summed E-state index contributed by atoms with van der Waals surface area (Å²) in [5.41, 5.74) is 6.89. The fourth-order valence-corrected chi connectivity index (χ4v) is 3.14. The van der Waals surface area contributed by atoms with Crippen LogP contribution in [-0.4, -0.2) is 49.4 Å². The maximum absolute atomic E-state index is 14.2. The smallest absolute Gasteiger partial charge is 0.439 e. The number of nitrogens with two attached hydrogens (primary N) is 1. The highest BCUT2D eigenvalue weighted by Crippen LogP contribution is 2.37. The first-order valence-electron chi connectivity index (χ1n) is 7.99. The Balaban J connectivity index is 0.00000225. The molecule has 0 aromatic heterocycles. The SMILES string of the molecule is CC(C(N)=O)C1OC(=O)N(F)C1c1ccc(N2CCNCC2)cc1.Cl. The van der Waals surface area contributed by atoms with Gasteiger partial charge in [0.1, 0.15) is 12.1 Å². The first kappa shape index (κ1) is 19.3. The number of hydrogen-bond donors (Lipinski definition) is 2. The van der Waals surface area contributed by atoms with Crippen molar-refractivity contribution in [3.8, 4) is 0 Å². The lowest BCUT2D eigenvalue weighted by Gasteiger charge is -2.30. The number of halogens is 2. The van der Waals surface area contributed by atoms with E-state index in [9.17, 15) is 14.1 Å².